The Morgan fingerprint density at radius 1 is 1.13 bits per heavy atom. The zero-order valence-electron chi connectivity index (χ0n) is 8.68. The van der Waals surface area contributed by atoms with Gasteiger partial charge in [0.2, 0.25) is 0 Å². The van der Waals surface area contributed by atoms with Crippen molar-refractivity contribution in [1.29, 1.82) is 0 Å². The molecule has 3 heteroatoms. The highest BCUT2D eigenvalue weighted by molar-refractivity contribution is 6.35. The fourth-order valence-electron chi connectivity index (χ4n) is 2.21. The molecule has 0 amide bonds. The fourth-order valence-corrected chi connectivity index (χ4v) is 2.76. The maximum atomic E-state index is 6.21. The zero-order valence-corrected chi connectivity index (χ0v) is 10.2. The van der Waals surface area contributed by atoms with Crippen molar-refractivity contribution in [1.82, 2.24) is 0 Å². The molecular formula is C12H16Cl2N+. The molecule has 0 radical (unpaired) electrons. The molecule has 1 aliphatic heterocycles. The van der Waals surface area contributed by atoms with E-state index in [0.29, 0.717) is 6.04 Å². The van der Waals surface area contributed by atoms with E-state index in [4.69, 9.17) is 23.2 Å². The van der Waals surface area contributed by atoms with Crippen LogP contribution in [0.2, 0.25) is 10.0 Å². The van der Waals surface area contributed by atoms with E-state index in [1.807, 2.05) is 12.1 Å². The molecule has 1 heterocycles. The second kappa shape index (κ2) is 5.20. The number of rotatable bonds is 1. The van der Waals surface area contributed by atoms with Gasteiger partial charge in [0, 0.05) is 17.0 Å². The normalized spacial score (nSPS) is 22.4. The predicted octanol–water partition coefficient (Wildman–Crippen LogP) is 3.17. The van der Waals surface area contributed by atoms with E-state index in [0.717, 1.165) is 10.0 Å². The van der Waals surface area contributed by atoms with Crippen LogP contribution < -0.4 is 5.32 Å². The van der Waals surface area contributed by atoms with Crippen LogP contribution in [0.4, 0.5) is 0 Å². The molecule has 0 saturated carbocycles. The number of halogens is 2. The van der Waals surface area contributed by atoms with Gasteiger partial charge in [-0.05, 0) is 31.4 Å². The first kappa shape index (κ1) is 11.3. The van der Waals surface area contributed by atoms with Gasteiger partial charge < -0.3 is 5.32 Å². The topological polar surface area (TPSA) is 16.6 Å². The van der Waals surface area contributed by atoms with Gasteiger partial charge in [-0.1, -0.05) is 29.3 Å². The van der Waals surface area contributed by atoms with Crippen LogP contribution in [-0.4, -0.2) is 6.54 Å². The van der Waals surface area contributed by atoms with Gasteiger partial charge in [0.15, 0.2) is 0 Å². The molecule has 1 atom stereocenters. The van der Waals surface area contributed by atoms with Crippen LogP contribution >= 0.6 is 23.2 Å². The Balaban J connectivity index is 2.19. The molecule has 1 aliphatic rings. The quantitative estimate of drug-likeness (QED) is 0.782. The lowest BCUT2D eigenvalue weighted by molar-refractivity contribution is -0.694. The summed E-state index contributed by atoms with van der Waals surface area (Å²) in [6.45, 7) is 1.21. The van der Waals surface area contributed by atoms with Crippen LogP contribution in [0, 0.1) is 0 Å². The van der Waals surface area contributed by atoms with Crippen LogP contribution in [0.25, 0.3) is 0 Å². The minimum absolute atomic E-state index is 0.525. The van der Waals surface area contributed by atoms with E-state index in [2.05, 4.69) is 11.4 Å². The molecule has 1 aromatic carbocycles. The lowest BCUT2D eigenvalue weighted by atomic mass is 10.0. The third kappa shape index (κ3) is 2.87. The van der Waals surface area contributed by atoms with Crippen LogP contribution in [0.15, 0.2) is 18.2 Å². The maximum Gasteiger partial charge on any atom is 0.113 e. The van der Waals surface area contributed by atoms with Gasteiger partial charge in [-0.3, -0.25) is 0 Å². The van der Waals surface area contributed by atoms with Crippen LogP contribution in [0.1, 0.15) is 37.3 Å². The summed E-state index contributed by atoms with van der Waals surface area (Å²) in [5.74, 6) is 0. The summed E-state index contributed by atoms with van der Waals surface area (Å²) in [6, 6.07) is 6.37. The second-order valence-electron chi connectivity index (χ2n) is 4.15. The number of quaternary nitrogens is 1. The molecule has 0 aliphatic carbocycles. The third-order valence-corrected chi connectivity index (χ3v) is 3.59. The largest absolute Gasteiger partial charge is 0.340 e. The van der Waals surface area contributed by atoms with Gasteiger partial charge in [0.25, 0.3) is 0 Å². The smallest absolute Gasteiger partial charge is 0.113 e. The molecule has 82 valence electrons. The summed E-state index contributed by atoms with van der Waals surface area (Å²) in [4.78, 5) is 0. The summed E-state index contributed by atoms with van der Waals surface area (Å²) in [6.07, 6.45) is 5.20. The molecule has 0 aromatic heterocycles. The summed E-state index contributed by atoms with van der Waals surface area (Å²) < 4.78 is 0. The van der Waals surface area contributed by atoms with Gasteiger partial charge >= 0.3 is 0 Å². The van der Waals surface area contributed by atoms with E-state index >= 15 is 0 Å². The van der Waals surface area contributed by atoms with E-state index in [1.54, 1.807) is 0 Å². The highest BCUT2D eigenvalue weighted by Crippen LogP contribution is 2.27. The van der Waals surface area contributed by atoms with E-state index < -0.39 is 0 Å². The van der Waals surface area contributed by atoms with E-state index in [9.17, 15) is 0 Å². The van der Waals surface area contributed by atoms with Gasteiger partial charge in [0.05, 0.1) is 11.6 Å². The monoisotopic (exact) mass is 244 g/mol. The molecule has 2 rings (SSSR count). The first-order valence-electron chi connectivity index (χ1n) is 5.55. The van der Waals surface area contributed by atoms with E-state index in [-0.39, 0.29) is 0 Å². The van der Waals surface area contributed by atoms with Crippen LogP contribution in [0.3, 0.4) is 0 Å². The van der Waals surface area contributed by atoms with Crippen molar-refractivity contribution in [2.45, 2.75) is 31.7 Å². The van der Waals surface area contributed by atoms with Gasteiger partial charge in [-0.15, -0.1) is 0 Å². The minimum atomic E-state index is 0.525. The predicted molar refractivity (Wildman–Crippen MR) is 64.5 cm³/mol. The molecule has 15 heavy (non-hydrogen) atoms. The average Bonchev–Trinajstić information content (AvgIpc) is 2.46. The maximum absolute atomic E-state index is 6.21. The summed E-state index contributed by atoms with van der Waals surface area (Å²) in [5.41, 5.74) is 1.24. The molecule has 0 bridgehead atoms. The van der Waals surface area contributed by atoms with Crippen molar-refractivity contribution in [2.24, 2.45) is 0 Å². The minimum Gasteiger partial charge on any atom is -0.340 e. The second-order valence-corrected chi connectivity index (χ2v) is 4.99. The third-order valence-electron chi connectivity index (χ3n) is 3.03. The number of benzene rings is 1. The lowest BCUT2D eigenvalue weighted by Gasteiger charge is -2.14. The van der Waals surface area contributed by atoms with Gasteiger partial charge in [-0.25, -0.2) is 0 Å². The van der Waals surface area contributed by atoms with Crippen molar-refractivity contribution in [2.75, 3.05) is 6.54 Å². The SMILES string of the molecule is Clc1ccc([C@H]2CCCCC[NH2+]2)c(Cl)c1. The molecule has 0 spiro atoms. The number of hydrogen-bond acceptors (Lipinski definition) is 0. The van der Waals surface area contributed by atoms with Crippen molar-refractivity contribution < 1.29 is 5.32 Å². The van der Waals surface area contributed by atoms with Crippen molar-refractivity contribution in [3.05, 3.63) is 33.8 Å². The first-order valence-corrected chi connectivity index (χ1v) is 6.31. The van der Waals surface area contributed by atoms with E-state index in [1.165, 1.54) is 37.8 Å². The molecule has 1 aromatic rings. The van der Waals surface area contributed by atoms with Gasteiger partial charge in [0.1, 0.15) is 6.04 Å². The highest BCUT2D eigenvalue weighted by Gasteiger charge is 2.19. The Labute approximate surface area is 101 Å². The van der Waals surface area contributed by atoms with Gasteiger partial charge in [-0.2, -0.15) is 0 Å². The van der Waals surface area contributed by atoms with Crippen molar-refractivity contribution in [3.63, 3.8) is 0 Å². The number of nitrogens with two attached hydrogens (primary N) is 1. The zero-order chi connectivity index (χ0) is 10.7. The first-order chi connectivity index (χ1) is 7.27. The lowest BCUT2D eigenvalue weighted by Crippen LogP contribution is -2.84. The molecule has 2 N–H and O–H groups in total. The Bertz CT molecular complexity index is 330. The van der Waals surface area contributed by atoms with Crippen molar-refractivity contribution >= 4 is 23.2 Å². The summed E-state index contributed by atoms with van der Waals surface area (Å²) in [7, 11) is 0. The van der Waals surface area contributed by atoms with Crippen molar-refractivity contribution in [3.8, 4) is 0 Å². The number of hydrogen-bond donors (Lipinski definition) is 1. The Kier molecular flexibility index (Phi) is 3.90. The Morgan fingerprint density at radius 2 is 2.00 bits per heavy atom. The highest BCUT2D eigenvalue weighted by atomic mass is 35.5. The molecular weight excluding hydrogens is 229 g/mol. The Hall–Kier alpha value is -0.240. The molecule has 0 unspecified atom stereocenters. The van der Waals surface area contributed by atoms with Crippen LogP contribution in [0.5, 0.6) is 0 Å². The molecule has 1 fully saturated rings. The van der Waals surface area contributed by atoms with Crippen LogP contribution in [-0.2, 0) is 0 Å². The summed E-state index contributed by atoms with van der Waals surface area (Å²) >= 11 is 12.1. The molecule has 1 saturated heterocycles. The Morgan fingerprint density at radius 3 is 2.80 bits per heavy atom. The average molecular weight is 245 g/mol. The molecule has 1 nitrogen and oxygen atoms in total. The summed E-state index contributed by atoms with van der Waals surface area (Å²) in [5, 5.41) is 3.94. The standard InChI is InChI=1S/C12H15Cl2N/c13-9-5-6-10(11(14)8-9)12-4-2-1-3-7-15-12/h5-6,8,12,15H,1-4,7H2/p+1/t12-/m1/s1. The fraction of sp³-hybridized carbons (Fsp3) is 0.500.